The lowest BCUT2D eigenvalue weighted by Gasteiger charge is -2.25. The molecule has 0 amide bonds. The maximum atomic E-state index is 11.8. The molecule has 0 saturated heterocycles. The molecule has 0 aromatic carbocycles. The Labute approximate surface area is 92.7 Å². The van der Waals surface area contributed by atoms with Gasteiger partial charge in [-0.2, -0.15) is 0 Å². The molecule has 0 atom stereocenters. The normalized spacial score (nSPS) is 15.8. The molecule has 5 nitrogen and oxygen atoms in total. The molecule has 0 radical (unpaired) electrons. The lowest BCUT2D eigenvalue weighted by atomic mass is 9.81. The molecule has 0 spiro atoms. The number of aromatic nitrogens is 2. The summed E-state index contributed by atoms with van der Waals surface area (Å²) in [6, 6.07) is 0. The van der Waals surface area contributed by atoms with Gasteiger partial charge in [-0.1, -0.05) is 6.42 Å². The zero-order valence-electron chi connectivity index (χ0n) is 9.14. The first-order chi connectivity index (χ1) is 7.65. The first-order valence-corrected chi connectivity index (χ1v) is 5.47. The third-order valence-corrected chi connectivity index (χ3v) is 3.11. The van der Waals surface area contributed by atoms with Crippen molar-refractivity contribution in [2.75, 3.05) is 0 Å². The van der Waals surface area contributed by atoms with Crippen molar-refractivity contribution in [2.24, 2.45) is 0 Å². The molecule has 1 N–H and O–H groups in total. The largest absolute Gasteiger partial charge is 0.477 e. The van der Waals surface area contributed by atoms with Crippen molar-refractivity contribution < 1.29 is 9.90 Å². The Morgan fingerprint density at radius 1 is 1.62 bits per heavy atom. The topological polar surface area (TPSA) is 72.2 Å². The Morgan fingerprint density at radius 3 is 2.75 bits per heavy atom. The summed E-state index contributed by atoms with van der Waals surface area (Å²) in [5.74, 6) is -1.01. The Morgan fingerprint density at radius 2 is 2.31 bits per heavy atom. The zero-order chi connectivity index (χ0) is 11.7. The van der Waals surface area contributed by atoms with E-state index >= 15 is 0 Å². The van der Waals surface area contributed by atoms with Crippen molar-refractivity contribution >= 4 is 5.97 Å². The van der Waals surface area contributed by atoms with Crippen LogP contribution in [0.3, 0.4) is 0 Å². The zero-order valence-corrected chi connectivity index (χ0v) is 9.14. The van der Waals surface area contributed by atoms with Gasteiger partial charge in [-0.3, -0.25) is 9.36 Å². The van der Waals surface area contributed by atoms with E-state index in [0.717, 1.165) is 19.3 Å². The van der Waals surface area contributed by atoms with Crippen molar-refractivity contribution in [1.82, 2.24) is 9.55 Å². The highest BCUT2D eigenvalue weighted by atomic mass is 16.4. The van der Waals surface area contributed by atoms with Gasteiger partial charge in [-0.15, -0.1) is 0 Å². The van der Waals surface area contributed by atoms with Crippen LogP contribution in [0.2, 0.25) is 0 Å². The Kier molecular flexibility index (Phi) is 2.77. The van der Waals surface area contributed by atoms with Crippen molar-refractivity contribution in [2.45, 2.75) is 38.6 Å². The van der Waals surface area contributed by atoms with Crippen LogP contribution in [-0.4, -0.2) is 20.6 Å². The highest BCUT2D eigenvalue weighted by molar-refractivity contribution is 5.88. The summed E-state index contributed by atoms with van der Waals surface area (Å²) >= 11 is 0. The number of nitrogens with zero attached hydrogens (tertiary/aromatic N) is 2. The summed E-state index contributed by atoms with van der Waals surface area (Å²) in [4.78, 5) is 27.1. The minimum atomic E-state index is -1.16. The molecule has 1 aliphatic rings. The van der Waals surface area contributed by atoms with Crippen molar-refractivity contribution in [1.29, 1.82) is 0 Å². The monoisotopic (exact) mass is 222 g/mol. The average Bonchev–Trinajstić information content (AvgIpc) is 2.14. The number of carbonyl (C=O) groups is 1. The number of aryl methyl sites for hydroxylation is 1. The molecule has 16 heavy (non-hydrogen) atoms. The predicted octanol–water partition coefficient (Wildman–Crippen LogP) is 1.23. The van der Waals surface area contributed by atoms with Crippen LogP contribution in [-0.2, 0) is 6.54 Å². The van der Waals surface area contributed by atoms with E-state index in [2.05, 4.69) is 4.98 Å². The number of rotatable bonds is 3. The van der Waals surface area contributed by atoms with Crippen LogP contribution in [0, 0.1) is 0 Å². The number of hydrogen-bond acceptors (Lipinski definition) is 3. The average molecular weight is 222 g/mol. The first kappa shape index (κ1) is 10.9. The molecule has 86 valence electrons. The fraction of sp³-hybridized carbons (Fsp3) is 0.545. The van der Waals surface area contributed by atoms with E-state index in [1.165, 1.54) is 10.9 Å². The highest BCUT2D eigenvalue weighted by Crippen LogP contribution is 2.35. The lowest BCUT2D eigenvalue weighted by Crippen LogP contribution is -2.30. The van der Waals surface area contributed by atoms with E-state index in [1.807, 2.05) is 0 Å². The van der Waals surface area contributed by atoms with Crippen LogP contribution in [0.1, 0.15) is 48.2 Å². The number of aromatic carboxylic acids is 1. The van der Waals surface area contributed by atoms with Crippen molar-refractivity contribution in [3.63, 3.8) is 0 Å². The van der Waals surface area contributed by atoms with Crippen molar-refractivity contribution in [3.05, 3.63) is 27.9 Å². The smallest absolute Gasteiger partial charge is 0.343 e. The van der Waals surface area contributed by atoms with Gasteiger partial charge in [0.05, 0.1) is 12.0 Å². The van der Waals surface area contributed by atoms with Gasteiger partial charge < -0.3 is 5.11 Å². The van der Waals surface area contributed by atoms with Gasteiger partial charge in [-0.25, -0.2) is 9.78 Å². The van der Waals surface area contributed by atoms with E-state index < -0.39 is 11.5 Å². The highest BCUT2D eigenvalue weighted by Gasteiger charge is 2.28. The molecule has 1 heterocycles. The van der Waals surface area contributed by atoms with Crippen LogP contribution in [0.4, 0.5) is 0 Å². The van der Waals surface area contributed by atoms with Crippen LogP contribution in [0.5, 0.6) is 0 Å². The van der Waals surface area contributed by atoms with Gasteiger partial charge in [0.15, 0.2) is 0 Å². The Hall–Kier alpha value is -1.65. The maximum Gasteiger partial charge on any atom is 0.343 e. The van der Waals surface area contributed by atoms with E-state index in [9.17, 15) is 9.59 Å². The SMILES string of the molecule is CCn1cnc(C2CCC2)c(C(=O)O)c1=O. The molecule has 1 aromatic heterocycles. The molecule has 1 fully saturated rings. The van der Waals surface area contributed by atoms with Crippen LogP contribution in [0.25, 0.3) is 0 Å². The van der Waals surface area contributed by atoms with Gasteiger partial charge in [0, 0.05) is 12.5 Å². The molecule has 0 bridgehead atoms. The molecular weight excluding hydrogens is 208 g/mol. The number of hydrogen-bond donors (Lipinski definition) is 1. The minimum Gasteiger partial charge on any atom is -0.477 e. The molecule has 1 aliphatic carbocycles. The maximum absolute atomic E-state index is 11.8. The summed E-state index contributed by atoms with van der Waals surface area (Å²) < 4.78 is 1.33. The van der Waals surface area contributed by atoms with Crippen LogP contribution < -0.4 is 5.56 Å². The third kappa shape index (κ3) is 1.62. The van der Waals surface area contributed by atoms with Crippen LogP contribution in [0.15, 0.2) is 11.1 Å². The fourth-order valence-corrected chi connectivity index (χ4v) is 1.92. The second-order valence-corrected chi connectivity index (χ2v) is 4.03. The molecule has 0 unspecified atom stereocenters. The Bertz CT molecular complexity index is 475. The van der Waals surface area contributed by atoms with E-state index in [-0.39, 0.29) is 11.5 Å². The second-order valence-electron chi connectivity index (χ2n) is 4.03. The summed E-state index contributed by atoms with van der Waals surface area (Å²) in [6.07, 6.45) is 4.40. The predicted molar refractivity (Wildman–Crippen MR) is 57.7 cm³/mol. The van der Waals surface area contributed by atoms with Gasteiger partial charge >= 0.3 is 5.97 Å². The summed E-state index contributed by atoms with van der Waals surface area (Å²) in [6.45, 7) is 2.23. The summed E-state index contributed by atoms with van der Waals surface area (Å²) in [5.41, 5.74) is -0.116. The molecule has 1 saturated carbocycles. The van der Waals surface area contributed by atoms with E-state index in [0.29, 0.717) is 12.2 Å². The first-order valence-electron chi connectivity index (χ1n) is 5.47. The van der Waals surface area contributed by atoms with Gasteiger partial charge in [0.1, 0.15) is 5.56 Å². The minimum absolute atomic E-state index is 0.144. The fourth-order valence-electron chi connectivity index (χ4n) is 1.92. The third-order valence-electron chi connectivity index (χ3n) is 3.11. The van der Waals surface area contributed by atoms with Gasteiger partial charge in [0.25, 0.3) is 5.56 Å². The number of carboxylic acids is 1. The lowest BCUT2D eigenvalue weighted by molar-refractivity contribution is 0.0690. The molecule has 0 aliphatic heterocycles. The van der Waals surface area contributed by atoms with Crippen molar-refractivity contribution in [3.8, 4) is 0 Å². The van der Waals surface area contributed by atoms with Gasteiger partial charge in [-0.05, 0) is 19.8 Å². The summed E-state index contributed by atoms with van der Waals surface area (Å²) in [7, 11) is 0. The molecular formula is C11H14N2O3. The van der Waals surface area contributed by atoms with Gasteiger partial charge in [0.2, 0.25) is 0 Å². The molecule has 5 heteroatoms. The van der Waals surface area contributed by atoms with E-state index in [1.54, 1.807) is 6.92 Å². The molecule has 2 rings (SSSR count). The standard InChI is InChI=1S/C11H14N2O3/c1-2-13-6-12-9(7-4-3-5-7)8(10(13)14)11(15)16/h6-7H,2-5H2,1H3,(H,15,16). The Balaban J connectivity index is 2.56. The van der Waals surface area contributed by atoms with Crippen LogP contribution >= 0.6 is 0 Å². The molecule has 1 aromatic rings. The number of carboxylic acid groups (broad SMARTS) is 1. The second kappa shape index (κ2) is 4.08. The van der Waals surface area contributed by atoms with E-state index in [4.69, 9.17) is 5.11 Å². The quantitative estimate of drug-likeness (QED) is 0.834. The summed E-state index contributed by atoms with van der Waals surface area (Å²) in [5, 5.41) is 9.08.